The van der Waals surface area contributed by atoms with Crippen LogP contribution in [0.5, 0.6) is 11.5 Å². The van der Waals surface area contributed by atoms with E-state index in [4.69, 9.17) is 9.47 Å². The minimum atomic E-state index is -0.0970. The summed E-state index contributed by atoms with van der Waals surface area (Å²) in [7, 11) is 3.20. The molecule has 0 aromatic heterocycles. The number of β-lactam (4-membered cyclic amide) rings is 1. The van der Waals surface area contributed by atoms with Gasteiger partial charge in [-0.15, -0.1) is 0 Å². The molecule has 1 unspecified atom stereocenters. The highest BCUT2D eigenvalue weighted by Crippen LogP contribution is 2.39. The predicted molar refractivity (Wildman–Crippen MR) is 127 cm³/mol. The van der Waals surface area contributed by atoms with Crippen molar-refractivity contribution in [3.63, 3.8) is 0 Å². The molecule has 2 aromatic carbocycles. The van der Waals surface area contributed by atoms with E-state index in [2.05, 4.69) is 24.3 Å². The van der Waals surface area contributed by atoms with Gasteiger partial charge in [-0.05, 0) is 43.0 Å². The highest BCUT2D eigenvalue weighted by molar-refractivity contribution is 8.00. The normalized spacial score (nSPS) is 15.3. The lowest BCUT2D eigenvalue weighted by atomic mass is 10.1. The van der Waals surface area contributed by atoms with Crippen LogP contribution < -0.4 is 9.47 Å². The molecule has 0 N–H and O–H groups in total. The minimum Gasteiger partial charge on any atom is -0.493 e. The van der Waals surface area contributed by atoms with Gasteiger partial charge in [0.05, 0.1) is 20.6 Å². The average molecular weight is 457 g/mol. The first-order chi connectivity index (χ1) is 15.5. The Morgan fingerprint density at radius 3 is 2.41 bits per heavy atom. The molecule has 2 aromatic rings. The standard InChI is InChI=1S/C25H32N2O4S/c1-19(28)26(16-10-5-4-7-11-20-12-8-6-9-13-20)27-24(29)18-25(27)32-21-14-15-22(30-2)23(17-21)31-3/h6,8-9,12-15,17,25H,4-5,7,10-11,16,18H2,1-3H3. The van der Waals surface area contributed by atoms with Crippen LogP contribution >= 0.6 is 11.8 Å². The van der Waals surface area contributed by atoms with Gasteiger partial charge in [0.1, 0.15) is 5.37 Å². The molecule has 1 aliphatic rings. The van der Waals surface area contributed by atoms with E-state index in [1.165, 1.54) is 12.5 Å². The van der Waals surface area contributed by atoms with E-state index in [-0.39, 0.29) is 17.2 Å². The van der Waals surface area contributed by atoms with Crippen molar-refractivity contribution in [3.8, 4) is 11.5 Å². The van der Waals surface area contributed by atoms with Crippen LogP contribution in [0.2, 0.25) is 0 Å². The second-order valence-corrected chi connectivity index (χ2v) is 9.07. The third-order valence-corrected chi connectivity index (χ3v) is 6.72. The van der Waals surface area contributed by atoms with Crippen LogP contribution in [0.1, 0.15) is 44.6 Å². The quantitative estimate of drug-likeness (QED) is 0.335. The molecular formula is C25H32N2O4S. The Hall–Kier alpha value is -2.67. The molecule has 1 heterocycles. The molecule has 1 atom stereocenters. The predicted octanol–water partition coefficient (Wildman–Crippen LogP) is 4.92. The molecule has 6 nitrogen and oxygen atoms in total. The number of unbranched alkanes of at least 4 members (excludes halogenated alkanes) is 3. The molecule has 32 heavy (non-hydrogen) atoms. The summed E-state index contributed by atoms with van der Waals surface area (Å²) < 4.78 is 10.7. The van der Waals surface area contributed by atoms with E-state index in [0.717, 1.165) is 37.0 Å². The molecule has 1 saturated heterocycles. The fourth-order valence-electron chi connectivity index (χ4n) is 3.81. The second kappa shape index (κ2) is 11.8. The van der Waals surface area contributed by atoms with Crippen molar-refractivity contribution < 1.29 is 19.1 Å². The van der Waals surface area contributed by atoms with Crippen molar-refractivity contribution >= 4 is 23.6 Å². The number of methoxy groups -OCH3 is 2. The first-order valence-electron chi connectivity index (χ1n) is 11.1. The van der Waals surface area contributed by atoms with Gasteiger partial charge in [-0.25, -0.2) is 5.01 Å². The number of hydrogen-bond donors (Lipinski definition) is 0. The van der Waals surface area contributed by atoms with Gasteiger partial charge in [-0.2, -0.15) is 0 Å². The summed E-state index contributed by atoms with van der Waals surface area (Å²) in [5.74, 6) is 1.20. The zero-order valence-corrected chi connectivity index (χ0v) is 19.9. The Kier molecular flexibility index (Phi) is 8.85. The summed E-state index contributed by atoms with van der Waals surface area (Å²) in [6, 6.07) is 16.2. The number of benzene rings is 2. The van der Waals surface area contributed by atoms with Crippen molar-refractivity contribution in [1.29, 1.82) is 0 Å². The van der Waals surface area contributed by atoms with Crippen molar-refractivity contribution in [2.45, 2.75) is 55.7 Å². The number of ether oxygens (including phenoxy) is 2. The number of amides is 2. The fraction of sp³-hybridized carbons (Fsp3) is 0.440. The maximum absolute atomic E-state index is 12.4. The maximum atomic E-state index is 12.4. The second-order valence-electron chi connectivity index (χ2n) is 7.82. The zero-order valence-electron chi connectivity index (χ0n) is 19.1. The van der Waals surface area contributed by atoms with E-state index in [0.29, 0.717) is 24.5 Å². The molecule has 1 aliphatic heterocycles. The third-order valence-electron chi connectivity index (χ3n) is 5.56. The summed E-state index contributed by atoms with van der Waals surface area (Å²) in [6.45, 7) is 2.09. The summed E-state index contributed by atoms with van der Waals surface area (Å²) in [5.41, 5.74) is 1.36. The fourth-order valence-corrected chi connectivity index (χ4v) is 5.00. The molecule has 0 saturated carbocycles. The molecule has 0 spiro atoms. The van der Waals surface area contributed by atoms with Crippen LogP contribution in [0.3, 0.4) is 0 Å². The van der Waals surface area contributed by atoms with Crippen molar-refractivity contribution in [1.82, 2.24) is 10.0 Å². The average Bonchev–Trinajstić information content (AvgIpc) is 2.80. The highest BCUT2D eigenvalue weighted by atomic mass is 32.2. The molecule has 0 radical (unpaired) electrons. The molecule has 1 fully saturated rings. The number of nitrogens with zero attached hydrogens (tertiary/aromatic N) is 2. The van der Waals surface area contributed by atoms with Crippen LogP contribution in [-0.2, 0) is 16.0 Å². The van der Waals surface area contributed by atoms with E-state index < -0.39 is 0 Å². The first-order valence-corrected chi connectivity index (χ1v) is 11.9. The molecule has 3 rings (SSSR count). The SMILES string of the molecule is COc1ccc(SC2CC(=O)N2N(CCCCCCc2ccccc2)C(C)=O)cc1OC. The first kappa shape index (κ1) is 24.0. The van der Waals surface area contributed by atoms with E-state index in [1.807, 2.05) is 24.3 Å². The van der Waals surface area contributed by atoms with Gasteiger partial charge in [0.15, 0.2) is 11.5 Å². The van der Waals surface area contributed by atoms with Gasteiger partial charge in [0.25, 0.3) is 0 Å². The third kappa shape index (κ3) is 6.19. The van der Waals surface area contributed by atoms with Crippen molar-refractivity contribution in [2.24, 2.45) is 0 Å². The molecule has 2 amide bonds. The van der Waals surface area contributed by atoms with E-state index in [9.17, 15) is 9.59 Å². The lowest BCUT2D eigenvalue weighted by Gasteiger charge is -2.46. The van der Waals surface area contributed by atoms with Gasteiger partial charge in [0.2, 0.25) is 11.8 Å². The lowest BCUT2D eigenvalue weighted by molar-refractivity contribution is -0.177. The van der Waals surface area contributed by atoms with Crippen LogP contribution in [0.15, 0.2) is 53.4 Å². The monoisotopic (exact) mass is 456 g/mol. The summed E-state index contributed by atoms with van der Waals surface area (Å²) in [5, 5.41) is 3.14. The number of hydrogen-bond acceptors (Lipinski definition) is 5. The number of thioether (sulfide) groups is 1. The van der Waals surface area contributed by atoms with Crippen LogP contribution in [0.4, 0.5) is 0 Å². The van der Waals surface area contributed by atoms with Crippen LogP contribution in [0, 0.1) is 0 Å². The van der Waals surface area contributed by atoms with Gasteiger partial charge in [-0.1, -0.05) is 54.9 Å². The molecular weight excluding hydrogens is 424 g/mol. The van der Waals surface area contributed by atoms with Gasteiger partial charge in [-0.3, -0.25) is 14.6 Å². The van der Waals surface area contributed by atoms with Gasteiger partial charge >= 0.3 is 0 Å². The summed E-state index contributed by atoms with van der Waals surface area (Å²) >= 11 is 1.56. The van der Waals surface area contributed by atoms with Gasteiger partial charge < -0.3 is 9.47 Å². The zero-order chi connectivity index (χ0) is 22.9. The molecule has 7 heteroatoms. The van der Waals surface area contributed by atoms with Crippen molar-refractivity contribution in [2.75, 3.05) is 20.8 Å². The molecule has 172 valence electrons. The molecule has 0 aliphatic carbocycles. The number of hydrazine groups is 1. The topological polar surface area (TPSA) is 59.1 Å². The Balaban J connectivity index is 1.50. The largest absolute Gasteiger partial charge is 0.493 e. The lowest BCUT2D eigenvalue weighted by Crippen LogP contribution is -2.61. The highest BCUT2D eigenvalue weighted by Gasteiger charge is 2.42. The van der Waals surface area contributed by atoms with Crippen molar-refractivity contribution in [3.05, 3.63) is 54.1 Å². The Labute approximate surface area is 194 Å². The smallest absolute Gasteiger partial charge is 0.245 e. The van der Waals surface area contributed by atoms with Crippen LogP contribution in [-0.4, -0.2) is 48.0 Å². The number of rotatable bonds is 12. The number of carbonyl (C=O) groups is 2. The number of carbonyl (C=O) groups excluding carboxylic acids is 2. The minimum absolute atomic E-state index is 0.0118. The van der Waals surface area contributed by atoms with E-state index >= 15 is 0 Å². The maximum Gasteiger partial charge on any atom is 0.245 e. The number of aryl methyl sites for hydroxylation is 1. The van der Waals surface area contributed by atoms with Crippen LogP contribution in [0.25, 0.3) is 0 Å². The molecule has 0 bridgehead atoms. The Morgan fingerprint density at radius 1 is 1.03 bits per heavy atom. The summed E-state index contributed by atoms with van der Waals surface area (Å²) in [4.78, 5) is 25.6. The Morgan fingerprint density at radius 2 is 1.75 bits per heavy atom. The summed E-state index contributed by atoms with van der Waals surface area (Å²) in [6.07, 6.45) is 5.65. The van der Waals surface area contributed by atoms with Gasteiger partial charge in [0, 0.05) is 18.4 Å². The Bertz CT molecular complexity index is 906. The van der Waals surface area contributed by atoms with E-state index in [1.54, 1.807) is 36.0 Å².